The molecule has 4 rings (SSSR count). The number of oxazole rings is 1. The van der Waals surface area contributed by atoms with Gasteiger partial charge in [-0.15, -0.1) is 0 Å². The fourth-order valence-corrected chi connectivity index (χ4v) is 3.27. The number of hydrogen-bond acceptors (Lipinski definition) is 4. The van der Waals surface area contributed by atoms with Gasteiger partial charge in [-0.05, 0) is 48.4 Å². The minimum atomic E-state index is -0.346. The summed E-state index contributed by atoms with van der Waals surface area (Å²) in [5.74, 6) is 0.101. The summed E-state index contributed by atoms with van der Waals surface area (Å²) in [5.41, 5.74) is 1.24. The van der Waals surface area contributed by atoms with Gasteiger partial charge in [0.05, 0.1) is 0 Å². The number of nitrogens with zero attached hydrogens (tertiary/aromatic N) is 2. The van der Waals surface area contributed by atoms with Crippen molar-refractivity contribution < 1.29 is 22.7 Å². The van der Waals surface area contributed by atoms with Gasteiger partial charge in [-0.3, -0.25) is 4.79 Å². The molecule has 0 saturated carbocycles. The second-order valence-electron chi connectivity index (χ2n) is 6.66. The second-order valence-corrected chi connectivity index (χ2v) is 6.66. The van der Waals surface area contributed by atoms with Gasteiger partial charge in [-0.1, -0.05) is 12.1 Å². The molecule has 7 heteroatoms. The Morgan fingerprint density at radius 1 is 1.11 bits per heavy atom. The van der Waals surface area contributed by atoms with E-state index in [1.54, 1.807) is 17.0 Å². The lowest BCUT2D eigenvalue weighted by atomic mass is 9.99. The third kappa shape index (κ3) is 4.03. The Labute approximate surface area is 160 Å². The summed E-state index contributed by atoms with van der Waals surface area (Å²) in [6.45, 7) is 1.20. The monoisotopic (exact) mass is 384 g/mol. The highest BCUT2D eigenvalue weighted by Crippen LogP contribution is 2.28. The average molecular weight is 384 g/mol. The lowest BCUT2D eigenvalue weighted by Crippen LogP contribution is -2.28. The molecule has 0 N–H and O–H groups in total. The fourth-order valence-electron chi connectivity index (χ4n) is 3.27. The summed E-state index contributed by atoms with van der Waals surface area (Å²) in [5, 5.41) is 0. The van der Waals surface area contributed by atoms with Gasteiger partial charge in [-0.2, -0.15) is 0 Å². The van der Waals surface area contributed by atoms with E-state index in [4.69, 9.17) is 9.15 Å². The molecule has 3 aromatic rings. The largest absolute Gasteiger partial charge is 0.484 e. The molecule has 0 bridgehead atoms. The summed E-state index contributed by atoms with van der Waals surface area (Å²) < 4.78 is 36.8. The predicted molar refractivity (Wildman–Crippen MR) is 96.9 cm³/mol. The van der Waals surface area contributed by atoms with Crippen LogP contribution in [0.3, 0.4) is 0 Å². The molecular weight excluding hydrogens is 366 g/mol. The molecule has 2 heterocycles. The first kappa shape index (κ1) is 18.2. The number of benzene rings is 2. The van der Waals surface area contributed by atoms with E-state index >= 15 is 0 Å². The topological polar surface area (TPSA) is 55.6 Å². The third-order valence-corrected chi connectivity index (χ3v) is 4.76. The first-order valence-electron chi connectivity index (χ1n) is 8.96. The van der Waals surface area contributed by atoms with Gasteiger partial charge in [0.1, 0.15) is 23.6 Å². The number of hydrogen-bond donors (Lipinski definition) is 0. The lowest BCUT2D eigenvalue weighted by molar-refractivity contribution is 0.0785. The number of amides is 1. The molecule has 0 unspecified atom stereocenters. The standard InChI is InChI=1S/C21H18F2N2O3/c22-16-3-1-14(2-4-16)15-9-10-25(11-15)21(26)19-12-28-20(24-19)13-27-18-7-5-17(23)6-8-18/h1-8,12,15H,9-11,13H2/t15-/m0/s1. The quantitative estimate of drug-likeness (QED) is 0.663. The number of halogens is 2. The van der Waals surface area contributed by atoms with E-state index in [2.05, 4.69) is 4.98 Å². The predicted octanol–water partition coefficient (Wildman–Crippen LogP) is 4.16. The van der Waals surface area contributed by atoms with Crippen LogP contribution in [0.25, 0.3) is 0 Å². The number of carbonyl (C=O) groups excluding carboxylic acids is 1. The molecule has 1 amide bonds. The van der Waals surface area contributed by atoms with Crippen LogP contribution in [-0.2, 0) is 6.61 Å². The Kier molecular flexibility index (Phi) is 5.06. The van der Waals surface area contributed by atoms with Crippen LogP contribution in [0.5, 0.6) is 5.75 Å². The summed E-state index contributed by atoms with van der Waals surface area (Å²) in [6.07, 6.45) is 2.13. The van der Waals surface area contributed by atoms with Crippen LogP contribution < -0.4 is 4.74 Å². The van der Waals surface area contributed by atoms with Gasteiger partial charge < -0.3 is 14.1 Å². The van der Waals surface area contributed by atoms with Gasteiger partial charge in [0.15, 0.2) is 12.3 Å². The molecule has 1 fully saturated rings. The minimum Gasteiger partial charge on any atom is -0.484 e. The van der Waals surface area contributed by atoms with Crippen molar-refractivity contribution in [2.75, 3.05) is 13.1 Å². The Hall–Kier alpha value is -3.22. The van der Waals surface area contributed by atoms with Gasteiger partial charge in [0, 0.05) is 19.0 Å². The summed E-state index contributed by atoms with van der Waals surface area (Å²) in [7, 11) is 0. The summed E-state index contributed by atoms with van der Waals surface area (Å²) in [6, 6.07) is 12.0. The van der Waals surface area contributed by atoms with Crippen molar-refractivity contribution in [3.05, 3.63) is 83.6 Å². The Morgan fingerprint density at radius 2 is 1.79 bits per heavy atom. The van der Waals surface area contributed by atoms with E-state index in [0.717, 1.165) is 12.0 Å². The summed E-state index contributed by atoms with van der Waals surface area (Å²) in [4.78, 5) is 18.6. The molecule has 28 heavy (non-hydrogen) atoms. The van der Waals surface area contributed by atoms with Crippen LogP contribution in [0.4, 0.5) is 8.78 Å². The molecule has 144 valence electrons. The molecule has 1 atom stereocenters. The molecule has 1 aliphatic heterocycles. The van der Waals surface area contributed by atoms with Crippen molar-refractivity contribution in [3.8, 4) is 5.75 Å². The molecule has 0 radical (unpaired) electrons. The molecule has 1 aromatic heterocycles. The minimum absolute atomic E-state index is 0.0388. The van der Waals surface area contributed by atoms with Crippen LogP contribution in [0.2, 0.25) is 0 Å². The van der Waals surface area contributed by atoms with Crippen molar-refractivity contribution in [1.29, 1.82) is 0 Å². The average Bonchev–Trinajstić information content (AvgIpc) is 3.38. The highest BCUT2D eigenvalue weighted by atomic mass is 19.1. The zero-order valence-electron chi connectivity index (χ0n) is 15.0. The van der Waals surface area contributed by atoms with Gasteiger partial charge in [-0.25, -0.2) is 13.8 Å². The normalized spacial score (nSPS) is 16.4. The molecule has 1 saturated heterocycles. The van der Waals surface area contributed by atoms with Gasteiger partial charge >= 0.3 is 0 Å². The Balaban J connectivity index is 1.35. The van der Waals surface area contributed by atoms with Crippen LogP contribution in [-0.4, -0.2) is 28.9 Å². The van der Waals surface area contributed by atoms with Crippen LogP contribution >= 0.6 is 0 Å². The van der Waals surface area contributed by atoms with Crippen molar-refractivity contribution in [1.82, 2.24) is 9.88 Å². The van der Waals surface area contributed by atoms with Crippen molar-refractivity contribution in [3.63, 3.8) is 0 Å². The van der Waals surface area contributed by atoms with E-state index in [0.29, 0.717) is 18.8 Å². The summed E-state index contributed by atoms with van der Waals surface area (Å²) >= 11 is 0. The highest BCUT2D eigenvalue weighted by Gasteiger charge is 2.29. The third-order valence-electron chi connectivity index (χ3n) is 4.76. The number of ether oxygens (including phenoxy) is 1. The van der Waals surface area contributed by atoms with E-state index in [1.807, 2.05) is 0 Å². The van der Waals surface area contributed by atoms with Crippen LogP contribution in [0, 0.1) is 11.6 Å². The van der Waals surface area contributed by atoms with E-state index in [-0.39, 0.29) is 41.7 Å². The maximum Gasteiger partial charge on any atom is 0.275 e. The van der Waals surface area contributed by atoms with Crippen LogP contribution in [0.1, 0.15) is 34.3 Å². The number of carbonyl (C=O) groups is 1. The van der Waals surface area contributed by atoms with Crippen LogP contribution in [0.15, 0.2) is 59.2 Å². The molecule has 0 spiro atoms. The smallest absolute Gasteiger partial charge is 0.275 e. The zero-order chi connectivity index (χ0) is 19.5. The number of aromatic nitrogens is 1. The number of rotatable bonds is 5. The zero-order valence-corrected chi connectivity index (χ0v) is 15.0. The lowest BCUT2D eigenvalue weighted by Gasteiger charge is -2.15. The Morgan fingerprint density at radius 3 is 2.50 bits per heavy atom. The van der Waals surface area contributed by atoms with E-state index < -0.39 is 0 Å². The Bertz CT molecular complexity index is 955. The van der Waals surface area contributed by atoms with Crippen molar-refractivity contribution in [2.45, 2.75) is 18.9 Å². The van der Waals surface area contributed by atoms with Crippen molar-refractivity contribution in [2.24, 2.45) is 0 Å². The number of likely N-dealkylation sites (tertiary alicyclic amines) is 1. The molecule has 1 aliphatic rings. The first-order chi connectivity index (χ1) is 13.6. The van der Waals surface area contributed by atoms with Gasteiger partial charge in [0.2, 0.25) is 5.89 Å². The van der Waals surface area contributed by atoms with Gasteiger partial charge in [0.25, 0.3) is 5.91 Å². The maximum absolute atomic E-state index is 13.1. The molecule has 2 aromatic carbocycles. The SMILES string of the molecule is O=C(c1coc(COc2ccc(F)cc2)n1)N1CC[C@H](c2ccc(F)cc2)C1. The highest BCUT2D eigenvalue weighted by molar-refractivity contribution is 5.92. The molecule has 5 nitrogen and oxygen atoms in total. The van der Waals surface area contributed by atoms with Crippen molar-refractivity contribution >= 4 is 5.91 Å². The molecular formula is C21H18F2N2O3. The molecule has 0 aliphatic carbocycles. The fraction of sp³-hybridized carbons (Fsp3) is 0.238. The maximum atomic E-state index is 13.1. The second kappa shape index (κ2) is 7.80. The van der Waals surface area contributed by atoms with E-state index in [1.165, 1.54) is 42.7 Å². The van der Waals surface area contributed by atoms with E-state index in [9.17, 15) is 13.6 Å². The first-order valence-corrected chi connectivity index (χ1v) is 8.96.